The molecule has 1 saturated carbocycles. The predicted octanol–water partition coefficient (Wildman–Crippen LogP) is 4.78. The molecule has 1 aromatic heterocycles. The lowest BCUT2D eigenvalue weighted by Crippen LogP contribution is -2.10. The van der Waals surface area contributed by atoms with E-state index in [1.807, 2.05) is 30.3 Å². The zero-order valence-corrected chi connectivity index (χ0v) is 17.0. The molecule has 5 heteroatoms. The van der Waals surface area contributed by atoms with Gasteiger partial charge in [-0.3, -0.25) is 9.59 Å². The van der Waals surface area contributed by atoms with Gasteiger partial charge in [-0.2, -0.15) is 0 Å². The van der Waals surface area contributed by atoms with Gasteiger partial charge in [-0.25, -0.2) is 0 Å². The number of thioether (sulfide) groups is 1. The monoisotopic (exact) mass is 396 g/mol. The second-order valence-corrected chi connectivity index (χ2v) is 9.16. The molecule has 4 rings (SSSR count). The zero-order chi connectivity index (χ0) is 19.7. The first-order chi connectivity index (χ1) is 13.4. The van der Waals surface area contributed by atoms with Crippen LogP contribution < -0.4 is 0 Å². The maximum atomic E-state index is 12.6. The van der Waals surface area contributed by atoms with E-state index in [1.54, 1.807) is 6.26 Å². The summed E-state index contributed by atoms with van der Waals surface area (Å²) in [6.45, 7) is 4.33. The van der Waals surface area contributed by atoms with E-state index >= 15 is 0 Å². The summed E-state index contributed by atoms with van der Waals surface area (Å²) in [5.74, 6) is 1.39. The standard InChI is InChI=1S/C23H24O4S/c1-23(2)19(12-17-8-9-28-22(17)25)20(23)21(24)27-14-16-11-18(26-13-16)10-15-6-4-3-5-7-15/h3-7,11-13,19-20H,8-10,14H2,1-2H3/b17-12+/t19-,20?/m1/s1. The van der Waals surface area contributed by atoms with Gasteiger partial charge >= 0.3 is 5.97 Å². The van der Waals surface area contributed by atoms with Crippen LogP contribution in [-0.2, 0) is 27.4 Å². The molecule has 1 aliphatic carbocycles. The van der Waals surface area contributed by atoms with Gasteiger partial charge in [-0.1, -0.05) is 62.0 Å². The minimum atomic E-state index is -0.198. The molecule has 2 aliphatic rings. The molecule has 2 aromatic rings. The van der Waals surface area contributed by atoms with Crippen molar-refractivity contribution >= 4 is 22.8 Å². The summed E-state index contributed by atoms with van der Waals surface area (Å²) >= 11 is 1.36. The van der Waals surface area contributed by atoms with E-state index in [1.165, 1.54) is 17.3 Å². The fraction of sp³-hybridized carbons (Fsp3) is 0.391. The third kappa shape index (κ3) is 3.95. The van der Waals surface area contributed by atoms with Crippen LogP contribution in [0.25, 0.3) is 0 Å². The average Bonchev–Trinajstić information content (AvgIpc) is 3.03. The van der Waals surface area contributed by atoms with Crippen molar-refractivity contribution in [3.05, 3.63) is 71.2 Å². The molecule has 1 unspecified atom stereocenters. The van der Waals surface area contributed by atoms with Crippen molar-refractivity contribution in [2.45, 2.75) is 33.3 Å². The highest BCUT2D eigenvalue weighted by Gasteiger charge is 2.61. The fourth-order valence-corrected chi connectivity index (χ4v) is 4.75. The van der Waals surface area contributed by atoms with Crippen molar-refractivity contribution in [1.29, 1.82) is 0 Å². The molecule has 28 heavy (non-hydrogen) atoms. The Balaban J connectivity index is 1.33. The van der Waals surface area contributed by atoms with Crippen LogP contribution in [-0.4, -0.2) is 16.8 Å². The van der Waals surface area contributed by atoms with Crippen LogP contribution in [0.4, 0.5) is 0 Å². The second-order valence-electron chi connectivity index (χ2n) is 8.09. The minimum Gasteiger partial charge on any atom is -0.469 e. The average molecular weight is 397 g/mol. The zero-order valence-electron chi connectivity index (χ0n) is 16.1. The molecular formula is C23H24O4S. The number of ether oxygens (including phenoxy) is 1. The van der Waals surface area contributed by atoms with E-state index in [9.17, 15) is 9.59 Å². The molecule has 0 bridgehead atoms. The summed E-state index contributed by atoms with van der Waals surface area (Å²) < 4.78 is 11.2. The number of rotatable bonds is 6. The van der Waals surface area contributed by atoms with Crippen LogP contribution in [0.2, 0.25) is 0 Å². The first kappa shape index (κ1) is 19.1. The van der Waals surface area contributed by atoms with Crippen molar-refractivity contribution < 1.29 is 18.7 Å². The van der Waals surface area contributed by atoms with Crippen LogP contribution in [0.3, 0.4) is 0 Å². The number of allylic oxidation sites excluding steroid dienone is 1. The second kappa shape index (κ2) is 7.63. The predicted molar refractivity (Wildman–Crippen MR) is 109 cm³/mol. The van der Waals surface area contributed by atoms with E-state index in [-0.39, 0.29) is 34.9 Å². The number of benzene rings is 1. The number of carbonyl (C=O) groups excluding carboxylic acids is 2. The Kier molecular flexibility index (Phi) is 5.19. The van der Waals surface area contributed by atoms with E-state index in [4.69, 9.17) is 9.15 Å². The van der Waals surface area contributed by atoms with Crippen molar-refractivity contribution in [2.24, 2.45) is 17.3 Å². The smallest absolute Gasteiger partial charge is 0.310 e. The number of hydrogen-bond acceptors (Lipinski definition) is 5. The molecule has 4 nitrogen and oxygen atoms in total. The lowest BCUT2D eigenvalue weighted by atomic mass is 10.1. The molecule has 2 atom stereocenters. The first-order valence-electron chi connectivity index (χ1n) is 9.60. The van der Waals surface area contributed by atoms with Crippen LogP contribution in [0.1, 0.15) is 37.2 Å². The summed E-state index contributed by atoms with van der Waals surface area (Å²) in [5, 5.41) is 0.152. The SMILES string of the molecule is CC1(C)C(C(=O)OCc2coc(Cc3ccccc3)c2)[C@H]1/C=C1\CCSC1=O. The van der Waals surface area contributed by atoms with E-state index in [0.29, 0.717) is 6.42 Å². The third-order valence-electron chi connectivity index (χ3n) is 5.72. The molecule has 0 amide bonds. The summed E-state index contributed by atoms with van der Waals surface area (Å²) in [6.07, 6.45) is 5.17. The Hall–Kier alpha value is -2.27. The number of esters is 1. The molecule has 146 valence electrons. The lowest BCUT2D eigenvalue weighted by molar-refractivity contribution is -0.147. The Morgan fingerprint density at radius 2 is 2.07 bits per heavy atom. The van der Waals surface area contributed by atoms with Crippen molar-refractivity contribution in [3.8, 4) is 0 Å². The first-order valence-corrected chi connectivity index (χ1v) is 10.6. The highest BCUT2D eigenvalue weighted by atomic mass is 32.2. The van der Waals surface area contributed by atoms with Crippen LogP contribution >= 0.6 is 11.8 Å². The topological polar surface area (TPSA) is 56.5 Å². The molecule has 2 heterocycles. The van der Waals surface area contributed by atoms with Gasteiger partial charge in [0.1, 0.15) is 12.4 Å². The van der Waals surface area contributed by atoms with Crippen molar-refractivity contribution in [3.63, 3.8) is 0 Å². The van der Waals surface area contributed by atoms with Gasteiger partial charge in [0.2, 0.25) is 5.12 Å². The third-order valence-corrected chi connectivity index (χ3v) is 6.66. The summed E-state index contributed by atoms with van der Waals surface area (Å²) in [7, 11) is 0. The Bertz CT molecular complexity index is 910. The van der Waals surface area contributed by atoms with Gasteiger partial charge in [-0.05, 0) is 29.4 Å². The molecule has 0 spiro atoms. The van der Waals surface area contributed by atoms with Crippen molar-refractivity contribution in [1.82, 2.24) is 0 Å². The molecule has 2 fully saturated rings. The highest BCUT2D eigenvalue weighted by Crippen LogP contribution is 2.60. The van der Waals surface area contributed by atoms with Crippen molar-refractivity contribution in [2.75, 3.05) is 5.75 Å². The van der Waals surface area contributed by atoms with Gasteiger partial charge in [0.25, 0.3) is 0 Å². The number of carbonyl (C=O) groups is 2. The maximum absolute atomic E-state index is 12.6. The van der Waals surface area contributed by atoms with Gasteiger partial charge in [0.05, 0.1) is 12.2 Å². The summed E-state index contributed by atoms with van der Waals surface area (Å²) in [5.41, 5.74) is 2.73. The Morgan fingerprint density at radius 1 is 1.29 bits per heavy atom. The largest absolute Gasteiger partial charge is 0.469 e. The normalized spacial score (nSPS) is 24.5. The maximum Gasteiger partial charge on any atom is 0.310 e. The number of furan rings is 1. The van der Waals surface area contributed by atoms with Gasteiger partial charge in [-0.15, -0.1) is 0 Å². The van der Waals surface area contributed by atoms with E-state index in [0.717, 1.165) is 29.1 Å². The van der Waals surface area contributed by atoms with Gasteiger partial charge in [0, 0.05) is 23.3 Å². The molecule has 0 N–H and O–H groups in total. The fourth-order valence-electron chi connectivity index (χ4n) is 3.89. The summed E-state index contributed by atoms with van der Waals surface area (Å²) in [6, 6.07) is 12.0. The molecule has 1 saturated heterocycles. The Labute approximate surface area is 169 Å². The lowest BCUT2D eigenvalue weighted by Gasteiger charge is -2.03. The highest BCUT2D eigenvalue weighted by molar-refractivity contribution is 8.14. The molecule has 0 radical (unpaired) electrons. The minimum absolute atomic E-state index is 0.0793. The molecule has 1 aliphatic heterocycles. The number of hydrogen-bond donors (Lipinski definition) is 0. The van der Waals surface area contributed by atoms with E-state index in [2.05, 4.69) is 26.0 Å². The van der Waals surface area contributed by atoms with Crippen LogP contribution in [0.5, 0.6) is 0 Å². The van der Waals surface area contributed by atoms with E-state index < -0.39 is 0 Å². The molecular weight excluding hydrogens is 372 g/mol. The van der Waals surface area contributed by atoms with Crippen LogP contribution in [0, 0.1) is 17.3 Å². The summed E-state index contributed by atoms with van der Waals surface area (Å²) in [4.78, 5) is 24.4. The van der Waals surface area contributed by atoms with Gasteiger partial charge < -0.3 is 9.15 Å². The van der Waals surface area contributed by atoms with Crippen LogP contribution in [0.15, 0.2) is 58.7 Å². The quantitative estimate of drug-likeness (QED) is 0.520. The Morgan fingerprint density at radius 3 is 2.79 bits per heavy atom. The molecule has 1 aromatic carbocycles. The van der Waals surface area contributed by atoms with Gasteiger partial charge in [0.15, 0.2) is 0 Å².